The predicted molar refractivity (Wildman–Crippen MR) is 213 cm³/mol. The molecule has 13 nitrogen and oxygen atoms in total. The van der Waals surface area contributed by atoms with Crippen LogP contribution in [0.15, 0.2) is 36.0 Å². The zero-order valence-corrected chi connectivity index (χ0v) is 35.4. The van der Waals surface area contributed by atoms with Gasteiger partial charge in [0.2, 0.25) is 5.79 Å². The number of allylic oxidation sites excluding steroid dienone is 3. The van der Waals surface area contributed by atoms with Crippen LogP contribution in [0.25, 0.3) is 0 Å². The molecule has 0 spiro atoms. The number of ether oxygens (including phenoxy) is 5. The minimum absolute atomic E-state index is 0.0107. The van der Waals surface area contributed by atoms with Gasteiger partial charge in [0.05, 0.1) is 30.5 Å². The third-order valence-corrected chi connectivity index (χ3v) is 12.9. The van der Waals surface area contributed by atoms with Crippen molar-refractivity contribution in [3.05, 3.63) is 36.0 Å². The minimum Gasteiger partial charge on any atom is -0.456 e. The Morgan fingerprint density at radius 2 is 1.54 bits per heavy atom. The number of Topliss-reactive ketones (excluding diaryl/α,β-unsaturated/α-hetero) is 2. The number of aliphatic hydroxyl groups is 3. The lowest BCUT2D eigenvalue weighted by Gasteiger charge is -2.47. The van der Waals surface area contributed by atoms with Gasteiger partial charge in [-0.15, -0.1) is 6.58 Å². The Bertz CT molecular complexity index is 1480. The molecule has 57 heavy (non-hydrogen) atoms. The van der Waals surface area contributed by atoms with Crippen LogP contribution in [0, 0.1) is 29.6 Å². The number of carbonyl (C=O) groups is 4. The molecule has 2 unspecified atom stereocenters. The molecule has 14 atom stereocenters. The quantitative estimate of drug-likeness (QED) is 0.193. The van der Waals surface area contributed by atoms with Crippen molar-refractivity contribution in [3.63, 3.8) is 0 Å². The molecule has 2 saturated heterocycles. The molecule has 3 heterocycles. The second-order valence-electron chi connectivity index (χ2n) is 17.3. The molecule has 4 rings (SSSR count). The van der Waals surface area contributed by atoms with Gasteiger partial charge in [-0.05, 0) is 89.5 Å². The highest BCUT2D eigenvalue weighted by Crippen LogP contribution is 2.39. The summed E-state index contributed by atoms with van der Waals surface area (Å²) in [5.41, 5.74) is 1.62. The molecule has 0 aromatic carbocycles. The van der Waals surface area contributed by atoms with E-state index in [1.807, 2.05) is 39.8 Å². The number of methoxy groups -OCH3 is 3. The molecule has 0 radical (unpaired) electrons. The number of hydrogen-bond acceptors (Lipinski definition) is 12. The molecule has 4 aliphatic rings. The van der Waals surface area contributed by atoms with Crippen LogP contribution in [-0.2, 0) is 42.9 Å². The van der Waals surface area contributed by atoms with E-state index in [9.17, 15) is 34.5 Å². The largest absolute Gasteiger partial charge is 0.456 e. The van der Waals surface area contributed by atoms with Crippen molar-refractivity contribution in [2.75, 3.05) is 27.9 Å². The number of piperidine rings is 1. The first-order valence-electron chi connectivity index (χ1n) is 20.9. The molecule has 1 aliphatic carbocycles. The molecular weight excluding hydrogens is 734 g/mol. The van der Waals surface area contributed by atoms with Crippen molar-refractivity contribution >= 4 is 23.4 Å². The number of cyclic esters (lactones) is 1. The van der Waals surface area contributed by atoms with Crippen LogP contribution in [0.2, 0.25) is 0 Å². The van der Waals surface area contributed by atoms with E-state index < -0.39 is 90.0 Å². The van der Waals surface area contributed by atoms with Gasteiger partial charge in [-0.1, -0.05) is 44.6 Å². The lowest BCUT2D eigenvalue weighted by Crippen LogP contribution is -2.64. The monoisotopic (exact) mass is 803 g/mol. The third kappa shape index (κ3) is 11.3. The smallest absolute Gasteiger partial charge is 0.329 e. The van der Waals surface area contributed by atoms with Gasteiger partial charge >= 0.3 is 5.97 Å². The third-order valence-electron chi connectivity index (χ3n) is 12.9. The van der Waals surface area contributed by atoms with E-state index in [-0.39, 0.29) is 43.4 Å². The van der Waals surface area contributed by atoms with Gasteiger partial charge in [0.15, 0.2) is 0 Å². The molecule has 322 valence electrons. The lowest BCUT2D eigenvalue weighted by atomic mass is 9.79. The second kappa shape index (κ2) is 21.0. The summed E-state index contributed by atoms with van der Waals surface area (Å²) < 4.78 is 29.9. The summed E-state index contributed by atoms with van der Waals surface area (Å²) >= 11 is 0. The standard InChI is InChI=1S/C44H69NO12/c1-10-13-30-19-25(2)18-26(3)20-37(54-8)40-38(55-9)22-29(6)44(52,57-40)41(49)42(50)45-17-12-11-14-32(45)43(51)56-39(31-15-16-33(46)36(23-31)53-7)28(5)21-27(4)34(47)24-35(30)48/h10,19,21,26-27,29-34,36-40,46-47,52H,1,11-18,20,22-24H2,2-9H3/b25-19+,28-21+/t26-,27+,29-,30-,31+,32?,33+,34-,36+,37+,38+,39?,40-,44-/m1/s1. The Balaban J connectivity index is 1.78. The summed E-state index contributed by atoms with van der Waals surface area (Å²) in [6.07, 6.45) is 4.67. The van der Waals surface area contributed by atoms with E-state index in [1.54, 1.807) is 13.0 Å². The van der Waals surface area contributed by atoms with Crippen LogP contribution in [0.4, 0.5) is 0 Å². The number of ketones is 2. The van der Waals surface area contributed by atoms with E-state index >= 15 is 0 Å². The summed E-state index contributed by atoms with van der Waals surface area (Å²) in [6, 6.07) is -1.10. The van der Waals surface area contributed by atoms with Crippen LogP contribution >= 0.6 is 0 Å². The summed E-state index contributed by atoms with van der Waals surface area (Å²) in [6.45, 7) is 13.2. The van der Waals surface area contributed by atoms with Crippen molar-refractivity contribution in [1.82, 2.24) is 4.90 Å². The highest BCUT2D eigenvalue weighted by molar-refractivity contribution is 6.39. The maximum Gasteiger partial charge on any atom is 0.329 e. The molecule has 0 aromatic heterocycles. The Morgan fingerprint density at radius 3 is 2.19 bits per heavy atom. The molecule has 2 bridgehead atoms. The Labute approximate surface area is 339 Å². The molecule has 0 aromatic rings. The van der Waals surface area contributed by atoms with E-state index in [1.165, 1.54) is 26.2 Å². The van der Waals surface area contributed by atoms with Crippen molar-refractivity contribution in [2.24, 2.45) is 29.6 Å². The number of aliphatic hydroxyl groups excluding tert-OH is 2. The normalized spacial score (nSPS) is 41.9. The highest BCUT2D eigenvalue weighted by Gasteiger charge is 2.56. The van der Waals surface area contributed by atoms with Gasteiger partial charge < -0.3 is 43.9 Å². The number of carbonyl (C=O) groups excluding carboxylic acids is 4. The summed E-state index contributed by atoms with van der Waals surface area (Å²) in [4.78, 5) is 57.7. The zero-order valence-electron chi connectivity index (χ0n) is 35.4. The molecular formula is C44H69NO12. The topological polar surface area (TPSA) is 178 Å². The first kappa shape index (κ1) is 46.9. The minimum atomic E-state index is -2.51. The second-order valence-corrected chi connectivity index (χ2v) is 17.3. The van der Waals surface area contributed by atoms with Gasteiger partial charge in [-0.2, -0.15) is 0 Å². The first-order valence-corrected chi connectivity index (χ1v) is 20.9. The van der Waals surface area contributed by atoms with Crippen LogP contribution in [-0.4, -0.2) is 126 Å². The molecule has 1 amide bonds. The van der Waals surface area contributed by atoms with E-state index in [0.29, 0.717) is 56.9 Å². The number of fused-ring (bicyclic) bond motifs is 3. The zero-order chi connectivity index (χ0) is 42.2. The first-order chi connectivity index (χ1) is 27.0. The average molecular weight is 804 g/mol. The maximum atomic E-state index is 14.3. The average Bonchev–Trinajstić information content (AvgIpc) is 3.18. The highest BCUT2D eigenvalue weighted by atomic mass is 16.7. The van der Waals surface area contributed by atoms with Crippen LogP contribution < -0.4 is 0 Å². The van der Waals surface area contributed by atoms with Crippen molar-refractivity contribution in [3.8, 4) is 0 Å². The fourth-order valence-electron chi connectivity index (χ4n) is 9.45. The molecule has 3 N–H and O–H groups in total. The van der Waals surface area contributed by atoms with Crippen molar-refractivity contribution < 1.29 is 58.2 Å². The van der Waals surface area contributed by atoms with Gasteiger partial charge in [-0.3, -0.25) is 14.4 Å². The fraction of sp³-hybridized carbons (Fsp3) is 0.773. The van der Waals surface area contributed by atoms with Crippen molar-refractivity contribution in [2.45, 2.75) is 160 Å². The lowest BCUT2D eigenvalue weighted by molar-refractivity contribution is -0.302. The molecule has 13 heteroatoms. The number of esters is 1. The van der Waals surface area contributed by atoms with Crippen molar-refractivity contribution in [1.29, 1.82) is 0 Å². The molecule has 1 saturated carbocycles. The van der Waals surface area contributed by atoms with Gasteiger partial charge in [-0.25, -0.2) is 4.79 Å². The molecule has 3 aliphatic heterocycles. The Kier molecular flexibility index (Phi) is 17.2. The van der Waals surface area contributed by atoms with Crippen LogP contribution in [0.3, 0.4) is 0 Å². The van der Waals surface area contributed by atoms with Crippen LogP contribution in [0.5, 0.6) is 0 Å². The van der Waals surface area contributed by atoms with Gasteiger partial charge in [0.1, 0.15) is 24.0 Å². The summed E-state index contributed by atoms with van der Waals surface area (Å²) in [5, 5.41) is 34.0. The summed E-state index contributed by atoms with van der Waals surface area (Å²) in [5.74, 6) is -7.58. The SMILES string of the molecule is C=CC[C@@H]1/C=C(\C)C[C@@H](C)C[C@H](OC)[C@H]2O[C@@](O)(C(=O)C(=O)N3CCCCC3C(=O)OC([C@H]3CC[C@H](O)[C@@H](OC)C3)/C(C)=C/[C@H](C)[C@H](O)CC1=O)[C@H](C)C[C@@H]2OC. The number of nitrogens with zero attached hydrogens (tertiary/aromatic N) is 1. The number of hydrogen-bond donors (Lipinski definition) is 3. The predicted octanol–water partition coefficient (Wildman–Crippen LogP) is 4.64. The van der Waals surface area contributed by atoms with Crippen LogP contribution in [0.1, 0.15) is 105 Å². The van der Waals surface area contributed by atoms with Gasteiger partial charge in [0.25, 0.3) is 11.7 Å². The maximum absolute atomic E-state index is 14.3. The summed E-state index contributed by atoms with van der Waals surface area (Å²) in [7, 11) is 4.58. The number of amides is 1. The Hall–Kier alpha value is -2.78. The fourth-order valence-corrected chi connectivity index (χ4v) is 9.45. The number of rotatable bonds is 6. The van der Waals surface area contributed by atoms with E-state index in [2.05, 4.69) is 6.58 Å². The molecule has 3 fully saturated rings. The van der Waals surface area contributed by atoms with Gasteiger partial charge in [0, 0.05) is 58.0 Å². The van der Waals surface area contributed by atoms with E-state index in [0.717, 1.165) is 5.57 Å². The Morgan fingerprint density at radius 1 is 0.877 bits per heavy atom. The van der Waals surface area contributed by atoms with E-state index in [4.69, 9.17) is 23.7 Å².